The van der Waals surface area contributed by atoms with Gasteiger partial charge in [0.2, 0.25) is 0 Å². The van der Waals surface area contributed by atoms with Crippen molar-refractivity contribution in [3.05, 3.63) is 51.7 Å². The number of halogens is 1. The van der Waals surface area contributed by atoms with E-state index in [4.69, 9.17) is 4.74 Å². The Morgan fingerprint density at radius 3 is 2.75 bits per heavy atom. The van der Waals surface area contributed by atoms with Gasteiger partial charge in [0.25, 0.3) is 0 Å². The lowest BCUT2D eigenvalue weighted by atomic mass is 10.0. The van der Waals surface area contributed by atoms with Gasteiger partial charge in [-0.1, -0.05) is 23.8 Å². The molecule has 1 aromatic heterocycles. The Balaban J connectivity index is 0.00000200. The molecule has 1 N–H and O–H groups in total. The second-order valence-corrected chi connectivity index (χ2v) is 5.91. The SMILES string of the molecule is COc1ccc(C)cc1CC(C)NCc1cccs1.Cl. The summed E-state index contributed by atoms with van der Waals surface area (Å²) in [7, 11) is 1.73. The lowest BCUT2D eigenvalue weighted by molar-refractivity contribution is 0.406. The number of hydrogen-bond donors (Lipinski definition) is 1. The lowest BCUT2D eigenvalue weighted by Crippen LogP contribution is -2.27. The van der Waals surface area contributed by atoms with Crippen molar-refractivity contribution in [2.45, 2.75) is 32.9 Å². The summed E-state index contributed by atoms with van der Waals surface area (Å²) in [6.45, 7) is 5.27. The van der Waals surface area contributed by atoms with Crippen LogP contribution in [-0.4, -0.2) is 13.2 Å². The average molecular weight is 312 g/mol. The van der Waals surface area contributed by atoms with Crippen molar-refractivity contribution >= 4 is 23.7 Å². The summed E-state index contributed by atoms with van der Waals surface area (Å²) in [5, 5.41) is 5.68. The molecule has 2 rings (SSSR count). The van der Waals surface area contributed by atoms with Crippen LogP contribution in [-0.2, 0) is 13.0 Å². The number of thiophene rings is 1. The Bertz CT molecular complexity index is 513. The third-order valence-electron chi connectivity index (χ3n) is 3.17. The zero-order valence-corrected chi connectivity index (χ0v) is 13.8. The summed E-state index contributed by atoms with van der Waals surface area (Å²) < 4.78 is 5.43. The number of benzene rings is 1. The molecule has 20 heavy (non-hydrogen) atoms. The fourth-order valence-electron chi connectivity index (χ4n) is 2.16. The van der Waals surface area contributed by atoms with Gasteiger partial charge in [-0.05, 0) is 43.3 Å². The fraction of sp³-hybridized carbons (Fsp3) is 0.375. The van der Waals surface area contributed by atoms with Crippen molar-refractivity contribution in [2.24, 2.45) is 0 Å². The van der Waals surface area contributed by atoms with Gasteiger partial charge in [0.15, 0.2) is 0 Å². The summed E-state index contributed by atoms with van der Waals surface area (Å²) in [6.07, 6.45) is 0.982. The van der Waals surface area contributed by atoms with Gasteiger partial charge in [0.05, 0.1) is 7.11 Å². The Labute approximate surface area is 131 Å². The molecule has 0 radical (unpaired) electrons. The van der Waals surface area contributed by atoms with Gasteiger partial charge in [-0.2, -0.15) is 0 Å². The van der Waals surface area contributed by atoms with Crippen molar-refractivity contribution in [1.29, 1.82) is 0 Å². The number of rotatable bonds is 6. The largest absolute Gasteiger partial charge is 0.496 e. The minimum Gasteiger partial charge on any atom is -0.496 e. The zero-order chi connectivity index (χ0) is 13.7. The van der Waals surface area contributed by atoms with Gasteiger partial charge in [-0.15, -0.1) is 23.7 Å². The normalized spacial score (nSPS) is 11.8. The molecule has 1 aromatic carbocycles. The molecule has 0 aliphatic rings. The van der Waals surface area contributed by atoms with Crippen molar-refractivity contribution in [3.8, 4) is 5.75 Å². The lowest BCUT2D eigenvalue weighted by Gasteiger charge is -2.16. The predicted molar refractivity (Wildman–Crippen MR) is 89.3 cm³/mol. The Hall–Kier alpha value is -1.03. The molecule has 0 bridgehead atoms. The van der Waals surface area contributed by atoms with Crippen molar-refractivity contribution < 1.29 is 4.74 Å². The van der Waals surface area contributed by atoms with Crippen LogP contribution in [0.25, 0.3) is 0 Å². The number of methoxy groups -OCH3 is 1. The molecule has 0 aliphatic heterocycles. The summed E-state index contributed by atoms with van der Waals surface area (Å²) >= 11 is 1.79. The van der Waals surface area contributed by atoms with E-state index in [0.717, 1.165) is 18.7 Å². The molecule has 0 amide bonds. The molecule has 1 unspecified atom stereocenters. The zero-order valence-electron chi connectivity index (χ0n) is 12.2. The first-order chi connectivity index (χ1) is 9.19. The molecule has 110 valence electrons. The highest BCUT2D eigenvalue weighted by Gasteiger charge is 2.08. The van der Waals surface area contributed by atoms with E-state index in [2.05, 4.69) is 54.9 Å². The van der Waals surface area contributed by atoms with Gasteiger partial charge in [0, 0.05) is 17.5 Å². The third-order valence-corrected chi connectivity index (χ3v) is 4.04. The van der Waals surface area contributed by atoms with Gasteiger partial charge in [-0.25, -0.2) is 0 Å². The molecule has 2 nitrogen and oxygen atoms in total. The smallest absolute Gasteiger partial charge is 0.122 e. The fourth-order valence-corrected chi connectivity index (χ4v) is 2.81. The van der Waals surface area contributed by atoms with Gasteiger partial charge in [0.1, 0.15) is 5.75 Å². The third kappa shape index (κ3) is 4.82. The summed E-state index contributed by atoms with van der Waals surface area (Å²) in [5.41, 5.74) is 2.55. The molecular formula is C16H22ClNOS. The van der Waals surface area contributed by atoms with E-state index in [-0.39, 0.29) is 12.4 Å². The number of hydrogen-bond acceptors (Lipinski definition) is 3. The molecule has 0 saturated carbocycles. The van der Waals surface area contributed by atoms with Crippen LogP contribution in [0.15, 0.2) is 35.7 Å². The van der Waals surface area contributed by atoms with Gasteiger partial charge in [-0.3, -0.25) is 0 Å². The highest BCUT2D eigenvalue weighted by Crippen LogP contribution is 2.21. The molecular weight excluding hydrogens is 290 g/mol. The quantitative estimate of drug-likeness (QED) is 0.863. The van der Waals surface area contributed by atoms with Gasteiger partial charge >= 0.3 is 0 Å². The second-order valence-electron chi connectivity index (χ2n) is 4.88. The minimum absolute atomic E-state index is 0. The molecule has 1 heterocycles. The second kappa shape index (κ2) is 8.30. The monoisotopic (exact) mass is 311 g/mol. The van der Waals surface area contributed by atoms with Crippen LogP contribution in [0.1, 0.15) is 22.9 Å². The Morgan fingerprint density at radius 2 is 2.10 bits per heavy atom. The van der Waals surface area contributed by atoms with E-state index in [1.807, 2.05) is 0 Å². The van der Waals surface area contributed by atoms with Crippen LogP contribution < -0.4 is 10.1 Å². The van der Waals surface area contributed by atoms with Crippen LogP contribution >= 0.6 is 23.7 Å². The van der Waals surface area contributed by atoms with E-state index >= 15 is 0 Å². The maximum absolute atomic E-state index is 5.43. The maximum atomic E-state index is 5.43. The van der Waals surface area contributed by atoms with Crippen molar-refractivity contribution in [1.82, 2.24) is 5.32 Å². The Morgan fingerprint density at radius 1 is 1.30 bits per heavy atom. The van der Waals surface area contributed by atoms with Crippen molar-refractivity contribution in [3.63, 3.8) is 0 Å². The van der Waals surface area contributed by atoms with Crippen LogP contribution in [0.2, 0.25) is 0 Å². The molecule has 2 aromatic rings. The number of aryl methyl sites for hydroxylation is 1. The summed E-state index contributed by atoms with van der Waals surface area (Å²) in [6, 6.07) is 11.0. The molecule has 1 atom stereocenters. The van der Waals surface area contributed by atoms with Gasteiger partial charge < -0.3 is 10.1 Å². The molecule has 0 fully saturated rings. The maximum Gasteiger partial charge on any atom is 0.122 e. The summed E-state index contributed by atoms with van der Waals surface area (Å²) in [4.78, 5) is 1.38. The number of nitrogens with one attached hydrogen (secondary N) is 1. The molecule has 0 saturated heterocycles. The van der Waals surface area contributed by atoms with E-state index in [0.29, 0.717) is 6.04 Å². The van der Waals surface area contributed by atoms with E-state index in [9.17, 15) is 0 Å². The van der Waals surface area contributed by atoms with Crippen LogP contribution in [0, 0.1) is 6.92 Å². The molecule has 4 heteroatoms. The number of ether oxygens (including phenoxy) is 1. The summed E-state index contributed by atoms with van der Waals surface area (Å²) in [5.74, 6) is 0.982. The first kappa shape index (κ1) is 17.0. The topological polar surface area (TPSA) is 21.3 Å². The van der Waals surface area contributed by atoms with Crippen LogP contribution in [0.5, 0.6) is 5.75 Å². The minimum atomic E-state index is 0. The first-order valence-corrected chi connectivity index (χ1v) is 7.46. The molecule has 0 aliphatic carbocycles. The van der Waals surface area contributed by atoms with E-state index in [1.165, 1.54) is 16.0 Å². The van der Waals surface area contributed by atoms with Crippen LogP contribution in [0.3, 0.4) is 0 Å². The molecule has 0 spiro atoms. The Kier molecular flexibility index (Phi) is 7.06. The predicted octanol–water partition coefficient (Wildman–Crippen LogP) is 4.21. The standard InChI is InChI=1S/C16H21NOS.ClH/c1-12-6-7-16(18-3)14(9-12)10-13(2)17-11-15-5-4-8-19-15;/h4-9,13,17H,10-11H2,1-3H3;1H. The van der Waals surface area contributed by atoms with E-state index < -0.39 is 0 Å². The van der Waals surface area contributed by atoms with Crippen LogP contribution in [0.4, 0.5) is 0 Å². The average Bonchev–Trinajstić information content (AvgIpc) is 2.90. The highest BCUT2D eigenvalue weighted by atomic mass is 35.5. The first-order valence-electron chi connectivity index (χ1n) is 6.58. The highest BCUT2D eigenvalue weighted by molar-refractivity contribution is 7.09. The van der Waals surface area contributed by atoms with E-state index in [1.54, 1.807) is 18.4 Å². The van der Waals surface area contributed by atoms with Crippen molar-refractivity contribution in [2.75, 3.05) is 7.11 Å².